The summed E-state index contributed by atoms with van der Waals surface area (Å²) < 4.78 is 18.2. The van der Waals surface area contributed by atoms with Gasteiger partial charge in [0, 0.05) is 17.7 Å². The van der Waals surface area contributed by atoms with Crippen molar-refractivity contribution < 1.29 is 14.1 Å². The van der Waals surface area contributed by atoms with E-state index in [2.05, 4.69) is 15.2 Å². The first kappa shape index (κ1) is 14.6. The number of nitrogens with zero attached hydrogens (tertiary/aromatic N) is 3. The molecule has 0 aliphatic rings. The first-order valence-corrected chi connectivity index (χ1v) is 6.59. The predicted molar refractivity (Wildman–Crippen MR) is 80.4 cm³/mol. The maximum absolute atomic E-state index is 13.0. The SMILES string of the molecule is COc1ccc([N+](=O)[O-])cc1-c1nc(-c2ccc(F)cc2)n[nH]1. The molecular formula is C15H11FN4O3. The highest BCUT2D eigenvalue weighted by Gasteiger charge is 2.16. The first-order chi connectivity index (χ1) is 11.1. The minimum atomic E-state index is -0.500. The van der Waals surface area contributed by atoms with Gasteiger partial charge in [0.25, 0.3) is 5.69 Å². The third-order valence-corrected chi connectivity index (χ3v) is 3.24. The maximum atomic E-state index is 13.0. The summed E-state index contributed by atoms with van der Waals surface area (Å²) in [5.41, 5.74) is 0.960. The molecule has 0 amide bonds. The van der Waals surface area contributed by atoms with Crippen molar-refractivity contribution >= 4 is 5.69 Å². The van der Waals surface area contributed by atoms with Gasteiger partial charge in [-0.05, 0) is 30.3 Å². The highest BCUT2D eigenvalue weighted by atomic mass is 19.1. The van der Waals surface area contributed by atoms with Crippen LogP contribution in [-0.4, -0.2) is 27.2 Å². The number of aromatic amines is 1. The van der Waals surface area contributed by atoms with E-state index in [9.17, 15) is 14.5 Å². The molecule has 0 bridgehead atoms. The number of hydrogen-bond acceptors (Lipinski definition) is 5. The van der Waals surface area contributed by atoms with Crippen LogP contribution in [0.15, 0.2) is 42.5 Å². The lowest BCUT2D eigenvalue weighted by atomic mass is 10.1. The zero-order chi connectivity index (χ0) is 16.4. The Morgan fingerprint density at radius 1 is 1.22 bits per heavy atom. The molecule has 0 aliphatic carbocycles. The quantitative estimate of drug-likeness (QED) is 0.589. The molecule has 3 aromatic rings. The lowest BCUT2D eigenvalue weighted by molar-refractivity contribution is -0.384. The molecule has 0 unspecified atom stereocenters. The van der Waals surface area contributed by atoms with Crippen LogP contribution in [0.1, 0.15) is 0 Å². The summed E-state index contributed by atoms with van der Waals surface area (Å²) in [4.78, 5) is 14.7. The monoisotopic (exact) mass is 314 g/mol. The Hall–Kier alpha value is -3.29. The van der Waals surface area contributed by atoms with Gasteiger partial charge in [-0.25, -0.2) is 9.37 Å². The number of benzene rings is 2. The summed E-state index contributed by atoms with van der Waals surface area (Å²) in [7, 11) is 1.46. The molecule has 0 aliphatic heterocycles. The summed E-state index contributed by atoms with van der Waals surface area (Å²) in [5.74, 6) is 0.751. The molecule has 1 heterocycles. The van der Waals surface area contributed by atoms with Crippen LogP contribution in [0.4, 0.5) is 10.1 Å². The van der Waals surface area contributed by atoms with E-state index in [1.165, 1.54) is 37.4 Å². The van der Waals surface area contributed by atoms with Gasteiger partial charge in [0.15, 0.2) is 11.6 Å². The normalized spacial score (nSPS) is 10.5. The number of non-ortho nitro benzene ring substituents is 1. The smallest absolute Gasteiger partial charge is 0.270 e. The summed E-state index contributed by atoms with van der Waals surface area (Å²) in [6.07, 6.45) is 0. The van der Waals surface area contributed by atoms with E-state index >= 15 is 0 Å². The summed E-state index contributed by atoms with van der Waals surface area (Å²) in [6, 6.07) is 9.90. The molecule has 3 rings (SSSR count). The Morgan fingerprint density at radius 3 is 2.61 bits per heavy atom. The second kappa shape index (κ2) is 5.84. The van der Waals surface area contributed by atoms with Crippen LogP contribution in [0.5, 0.6) is 5.75 Å². The van der Waals surface area contributed by atoms with Gasteiger partial charge in [-0.2, -0.15) is 5.10 Å². The number of H-pyrrole nitrogens is 1. The summed E-state index contributed by atoms with van der Waals surface area (Å²) in [5, 5.41) is 17.7. The van der Waals surface area contributed by atoms with Crippen molar-refractivity contribution in [1.82, 2.24) is 15.2 Å². The van der Waals surface area contributed by atoms with Crippen molar-refractivity contribution in [3.63, 3.8) is 0 Å². The number of rotatable bonds is 4. The van der Waals surface area contributed by atoms with Gasteiger partial charge in [0.2, 0.25) is 0 Å². The van der Waals surface area contributed by atoms with Crippen molar-refractivity contribution in [2.45, 2.75) is 0 Å². The molecule has 2 aromatic carbocycles. The third kappa shape index (κ3) is 2.86. The maximum Gasteiger partial charge on any atom is 0.270 e. The molecule has 1 aromatic heterocycles. The fourth-order valence-corrected chi connectivity index (χ4v) is 2.10. The zero-order valence-corrected chi connectivity index (χ0v) is 12.0. The number of halogens is 1. The van der Waals surface area contributed by atoms with Gasteiger partial charge in [-0.1, -0.05) is 0 Å². The number of nitrogens with one attached hydrogen (secondary N) is 1. The van der Waals surface area contributed by atoms with E-state index in [0.29, 0.717) is 28.5 Å². The van der Waals surface area contributed by atoms with Crippen LogP contribution in [-0.2, 0) is 0 Å². The van der Waals surface area contributed by atoms with Crippen LogP contribution in [0.3, 0.4) is 0 Å². The Morgan fingerprint density at radius 2 is 1.96 bits per heavy atom. The van der Waals surface area contributed by atoms with E-state index in [0.717, 1.165) is 0 Å². The van der Waals surface area contributed by atoms with Crippen LogP contribution in [0, 0.1) is 15.9 Å². The molecule has 7 nitrogen and oxygen atoms in total. The number of methoxy groups -OCH3 is 1. The fourth-order valence-electron chi connectivity index (χ4n) is 2.10. The average molecular weight is 314 g/mol. The number of nitro groups is 1. The van der Waals surface area contributed by atoms with E-state index in [1.54, 1.807) is 12.1 Å². The largest absolute Gasteiger partial charge is 0.496 e. The highest BCUT2D eigenvalue weighted by molar-refractivity contribution is 5.69. The Kier molecular flexibility index (Phi) is 3.71. The van der Waals surface area contributed by atoms with Crippen molar-refractivity contribution in [2.24, 2.45) is 0 Å². The van der Waals surface area contributed by atoms with E-state index < -0.39 is 4.92 Å². The zero-order valence-electron chi connectivity index (χ0n) is 12.0. The minimum Gasteiger partial charge on any atom is -0.496 e. The third-order valence-electron chi connectivity index (χ3n) is 3.24. The lowest BCUT2D eigenvalue weighted by Gasteiger charge is -2.05. The van der Waals surface area contributed by atoms with E-state index in [4.69, 9.17) is 4.74 Å². The van der Waals surface area contributed by atoms with Crippen molar-refractivity contribution in [2.75, 3.05) is 7.11 Å². The van der Waals surface area contributed by atoms with Gasteiger partial charge >= 0.3 is 0 Å². The first-order valence-electron chi connectivity index (χ1n) is 6.59. The molecule has 0 spiro atoms. The summed E-state index contributed by atoms with van der Waals surface area (Å²) >= 11 is 0. The van der Waals surface area contributed by atoms with Crippen LogP contribution >= 0.6 is 0 Å². The molecule has 0 saturated heterocycles. The van der Waals surface area contributed by atoms with Gasteiger partial charge in [-0.15, -0.1) is 0 Å². The second-order valence-electron chi connectivity index (χ2n) is 4.66. The van der Waals surface area contributed by atoms with Crippen molar-refractivity contribution in [1.29, 1.82) is 0 Å². The molecule has 116 valence electrons. The van der Waals surface area contributed by atoms with Crippen LogP contribution in [0.25, 0.3) is 22.8 Å². The summed E-state index contributed by atoms with van der Waals surface area (Å²) in [6.45, 7) is 0. The molecule has 8 heteroatoms. The van der Waals surface area contributed by atoms with Crippen molar-refractivity contribution in [3.05, 3.63) is 58.4 Å². The molecule has 0 atom stereocenters. The Labute approximate surface area is 129 Å². The lowest BCUT2D eigenvalue weighted by Crippen LogP contribution is -1.93. The second-order valence-corrected chi connectivity index (χ2v) is 4.66. The molecular weight excluding hydrogens is 303 g/mol. The Balaban J connectivity index is 2.04. The van der Waals surface area contributed by atoms with Crippen LogP contribution < -0.4 is 4.74 Å². The molecule has 1 N–H and O–H groups in total. The van der Waals surface area contributed by atoms with Gasteiger partial charge in [-0.3, -0.25) is 15.2 Å². The number of aromatic nitrogens is 3. The van der Waals surface area contributed by atoms with E-state index in [-0.39, 0.29) is 11.5 Å². The number of hydrogen-bond donors (Lipinski definition) is 1. The molecule has 23 heavy (non-hydrogen) atoms. The van der Waals surface area contributed by atoms with Crippen LogP contribution in [0.2, 0.25) is 0 Å². The molecule has 0 fully saturated rings. The number of nitro benzene ring substituents is 1. The fraction of sp³-hybridized carbons (Fsp3) is 0.0667. The molecule has 0 saturated carbocycles. The molecule has 0 radical (unpaired) electrons. The predicted octanol–water partition coefficient (Wildman–Crippen LogP) is 3.19. The van der Waals surface area contributed by atoms with Gasteiger partial charge in [0.05, 0.1) is 17.6 Å². The van der Waals surface area contributed by atoms with Gasteiger partial charge in [0.1, 0.15) is 11.6 Å². The average Bonchev–Trinajstić information content (AvgIpc) is 3.04. The van der Waals surface area contributed by atoms with E-state index in [1.807, 2.05) is 0 Å². The minimum absolute atomic E-state index is 0.0828. The standard InChI is InChI=1S/C15H11FN4O3/c1-23-13-7-6-11(20(21)22)8-12(13)15-17-14(18-19-15)9-2-4-10(16)5-3-9/h2-8H,1H3,(H,17,18,19). The highest BCUT2D eigenvalue weighted by Crippen LogP contribution is 2.32. The Bertz CT molecular complexity index is 861. The van der Waals surface area contributed by atoms with Crippen molar-refractivity contribution in [3.8, 4) is 28.5 Å². The topological polar surface area (TPSA) is 93.9 Å². The number of ether oxygens (including phenoxy) is 1. The van der Waals surface area contributed by atoms with Gasteiger partial charge < -0.3 is 4.74 Å².